The number of benzene rings is 1. The normalized spacial score (nSPS) is 11.2. The van der Waals surface area contributed by atoms with Crippen molar-refractivity contribution in [2.24, 2.45) is 0 Å². The monoisotopic (exact) mass is 266 g/mol. The molecule has 98 valence electrons. The molecule has 0 saturated heterocycles. The Bertz CT molecular complexity index is 721. The first-order valence-electron chi connectivity index (χ1n) is 5.77. The van der Waals surface area contributed by atoms with Gasteiger partial charge in [-0.2, -0.15) is 10.5 Å². The number of nitriles is 2. The Hall–Kier alpha value is -3.19. The first kappa shape index (κ1) is 13.2. The Morgan fingerprint density at radius 2 is 2.10 bits per heavy atom. The summed E-state index contributed by atoms with van der Waals surface area (Å²) < 4.78 is 1.29. The van der Waals surface area contributed by atoms with Crippen LogP contribution < -0.4 is 5.32 Å². The average molecular weight is 266 g/mol. The van der Waals surface area contributed by atoms with Gasteiger partial charge in [-0.25, -0.2) is 9.67 Å². The van der Waals surface area contributed by atoms with Crippen LogP contribution in [-0.4, -0.2) is 20.7 Å². The summed E-state index contributed by atoms with van der Waals surface area (Å²) in [5, 5.41) is 24.1. The van der Waals surface area contributed by atoms with Crippen molar-refractivity contribution < 1.29 is 4.79 Å². The van der Waals surface area contributed by atoms with E-state index in [0.717, 1.165) is 0 Å². The number of rotatable bonds is 3. The Labute approximate surface area is 115 Å². The standard InChI is InChI=1S/C13H10N6O/c1-9(19-8-16-12(7-15)18-19)13(20)17-11-5-3-2-4-10(11)6-14/h2-5,8-9H,1H3,(H,17,20). The summed E-state index contributed by atoms with van der Waals surface area (Å²) in [4.78, 5) is 15.8. The molecule has 2 aromatic rings. The minimum absolute atomic E-state index is 0.00192. The van der Waals surface area contributed by atoms with Crippen molar-refractivity contribution in [1.82, 2.24) is 14.8 Å². The number of hydrogen-bond donors (Lipinski definition) is 1. The molecule has 2 rings (SSSR count). The number of nitrogens with zero attached hydrogens (tertiary/aromatic N) is 5. The molecule has 0 saturated carbocycles. The van der Waals surface area contributed by atoms with Gasteiger partial charge in [-0.3, -0.25) is 4.79 Å². The summed E-state index contributed by atoms with van der Waals surface area (Å²) in [5.41, 5.74) is 0.817. The summed E-state index contributed by atoms with van der Waals surface area (Å²) in [7, 11) is 0. The van der Waals surface area contributed by atoms with Gasteiger partial charge in [0.15, 0.2) is 0 Å². The number of para-hydroxylation sites is 1. The maximum Gasteiger partial charge on any atom is 0.252 e. The van der Waals surface area contributed by atoms with Gasteiger partial charge < -0.3 is 5.32 Å². The van der Waals surface area contributed by atoms with E-state index in [2.05, 4.69) is 15.4 Å². The van der Waals surface area contributed by atoms with Crippen molar-refractivity contribution in [1.29, 1.82) is 10.5 Å². The van der Waals surface area contributed by atoms with E-state index in [1.165, 1.54) is 11.0 Å². The number of amides is 1. The predicted molar refractivity (Wildman–Crippen MR) is 69.2 cm³/mol. The lowest BCUT2D eigenvalue weighted by Gasteiger charge is -2.12. The Balaban J connectivity index is 2.16. The first-order chi connectivity index (χ1) is 9.65. The second-order valence-electron chi connectivity index (χ2n) is 3.98. The number of carbonyl (C=O) groups excluding carboxylic acids is 1. The van der Waals surface area contributed by atoms with E-state index in [1.807, 2.05) is 6.07 Å². The first-order valence-corrected chi connectivity index (χ1v) is 5.77. The topological polar surface area (TPSA) is 107 Å². The molecular weight excluding hydrogens is 256 g/mol. The maximum absolute atomic E-state index is 12.1. The van der Waals surface area contributed by atoms with Gasteiger partial charge in [0.25, 0.3) is 5.82 Å². The van der Waals surface area contributed by atoms with Crippen molar-refractivity contribution in [3.8, 4) is 12.1 Å². The van der Waals surface area contributed by atoms with Crippen molar-refractivity contribution in [3.63, 3.8) is 0 Å². The van der Waals surface area contributed by atoms with Crippen LogP contribution in [0.2, 0.25) is 0 Å². The zero-order valence-corrected chi connectivity index (χ0v) is 10.6. The predicted octanol–water partition coefficient (Wildman–Crippen LogP) is 1.22. The van der Waals surface area contributed by atoms with Crippen molar-refractivity contribution in [2.75, 3.05) is 5.32 Å². The Morgan fingerprint density at radius 3 is 2.75 bits per heavy atom. The quantitative estimate of drug-likeness (QED) is 0.898. The van der Waals surface area contributed by atoms with Crippen LogP contribution in [0.15, 0.2) is 30.6 Å². The van der Waals surface area contributed by atoms with Crippen LogP contribution in [0.25, 0.3) is 0 Å². The minimum atomic E-state index is -0.642. The summed E-state index contributed by atoms with van der Waals surface area (Å²) in [5.74, 6) is -0.343. The molecule has 0 spiro atoms. The number of nitrogens with one attached hydrogen (secondary N) is 1. The van der Waals surface area contributed by atoms with Crippen molar-refractivity contribution >= 4 is 11.6 Å². The van der Waals surface area contributed by atoms with Crippen LogP contribution in [0, 0.1) is 22.7 Å². The van der Waals surface area contributed by atoms with Crippen LogP contribution >= 0.6 is 0 Å². The minimum Gasteiger partial charge on any atom is -0.323 e. The largest absolute Gasteiger partial charge is 0.323 e. The third-order valence-corrected chi connectivity index (χ3v) is 2.69. The molecular formula is C13H10N6O. The number of aromatic nitrogens is 3. The highest BCUT2D eigenvalue weighted by Gasteiger charge is 2.17. The third kappa shape index (κ3) is 2.62. The second-order valence-corrected chi connectivity index (χ2v) is 3.98. The van der Waals surface area contributed by atoms with Crippen LogP contribution in [-0.2, 0) is 4.79 Å². The molecule has 0 radical (unpaired) electrons. The van der Waals surface area contributed by atoms with Crippen molar-refractivity contribution in [2.45, 2.75) is 13.0 Å². The Kier molecular flexibility index (Phi) is 3.73. The van der Waals surface area contributed by atoms with E-state index in [0.29, 0.717) is 11.3 Å². The fourth-order valence-corrected chi connectivity index (χ4v) is 1.56. The van der Waals surface area contributed by atoms with E-state index in [1.54, 1.807) is 37.3 Å². The van der Waals surface area contributed by atoms with Crippen molar-refractivity contribution in [3.05, 3.63) is 42.0 Å². The van der Waals surface area contributed by atoms with Crippen LogP contribution in [0.5, 0.6) is 0 Å². The summed E-state index contributed by atoms with van der Waals surface area (Å²) in [6, 6.07) is 9.85. The average Bonchev–Trinajstić information content (AvgIpc) is 2.95. The fourth-order valence-electron chi connectivity index (χ4n) is 1.56. The number of carbonyl (C=O) groups is 1. The smallest absolute Gasteiger partial charge is 0.252 e. The summed E-state index contributed by atoms with van der Waals surface area (Å²) in [6.45, 7) is 1.63. The van der Waals surface area contributed by atoms with E-state index in [9.17, 15) is 4.79 Å². The lowest BCUT2D eigenvalue weighted by Crippen LogP contribution is -2.24. The van der Waals surface area contributed by atoms with Gasteiger partial charge in [-0.1, -0.05) is 12.1 Å². The highest BCUT2D eigenvalue weighted by molar-refractivity contribution is 5.94. The molecule has 7 heteroatoms. The van der Waals surface area contributed by atoms with Crippen LogP contribution in [0.4, 0.5) is 5.69 Å². The molecule has 0 aliphatic heterocycles. The molecule has 1 aromatic carbocycles. The molecule has 1 atom stereocenters. The zero-order valence-electron chi connectivity index (χ0n) is 10.6. The van der Waals surface area contributed by atoms with E-state index < -0.39 is 6.04 Å². The van der Waals surface area contributed by atoms with Gasteiger partial charge in [0.2, 0.25) is 5.91 Å². The number of anilines is 1. The number of hydrogen-bond acceptors (Lipinski definition) is 5. The van der Waals surface area contributed by atoms with Gasteiger partial charge in [0.1, 0.15) is 24.5 Å². The second kappa shape index (κ2) is 5.63. The SMILES string of the molecule is CC(C(=O)Nc1ccccc1C#N)n1cnc(C#N)n1. The molecule has 1 N–H and O–H groups in total. The molecule has 7 nitrogen and oxygen atoms in total. The third-order valence-electron chi connectivity index (χ3n) is 2.69. The van der Waals surface area contributed by atoms with Crippen LogP contribution in [0.1, 0.15) is 24.4 Å². The zero-order chi connectivity index (χ0) is 14.5. The fraction of sp³-hybridized carbons (Fsp3) is 0.154. The van der Waals surface area contributed by atoms with E-state index >= 15 is 0 Å². The van der Waals surface area contributed by atoms with Gasteiger partial charge in [-0.15, -0.1) is 5.10 Å². The molecule has 1 heterocycles. The van der Waals surface area contributed by atoms with Crippen LogP contribution in [0.3, 0.4) is 0 Å². The lowest BCUT2D eigenvalue weighted by atomic mass is 10.2. The van der Waals surface area contributed by atoms with Gasteiger partial charge in [-0.05, 0) is 19.1 Å². The maximum atomic E-state index is 12.1. The molecule has 1 amide bonds. The molecule has 0 aliphatic carbocycles. The van der Waals surface area contributed by atoms with E-state index in [-0.39, 0.29) is 11.7 Å². The van der Waals surface area contributed by atoms with Gasteiger partial charge in [0, 0.05) is 0 Å². The molecule has 0 bridgehead atoms. The lowest BCUT2D eigenvalue weighted by molar-refractivity contribution is -0.119. The van der Waals surface area contributed by atoms with Gasteiger partial charge in [0.05, 0.1) is 11.3 Å². The van der Waals surface area contributed by atoms with E-state index in [4.69, 9.17) is 10.5 Å². The molecule has 0 aliphatic rings. The molecule has 1 aromatic heterocycles. The molecule has 20 heavy (non-hydrogen) atoms. The van der Waals surface area contributed by atoms with Gasteiger partial charge >= 0.3 is 0 Å². The highest BCUT2D eigenvalue weighted by atomic mass is 16.2. The molecule has 1 unspecified atom stereocenters. The summed E-state index contributed by atoms with van der Waals surface area (Å²) in [6.07, 6.45) is 1.32. The highest BCUT2D eigenvalue weighted by Crippen LogP contribution is 2.15. The molecule has 0 fully saturated rings. The summed E-state index contributed by atoms with van der Waals surface area (Å²) >= 11 is 0. The Morgan fingerprint density at radius 1 is 1.35 bits per heavy atom.